The van der Waals surface area contributed by atoms with Gasteiger partial charge in [0.15, 0.2) is 34.4 Å². The summed E-state index contributed by atoms with van der Waals surface area (Å²) in [5.41, 5.74) is 1.78. The monoisotopic (exact) mass is 699 g/mol. The molecule has 1 aliphatic heterocycles. The van der Waals surface area contributed by atoms with Gasteiger partial charge in [-0.25, -0.2) is 9.79 Å². The van der Waals surface area contributed by atoms with Gasteiger partial charge in [-0.2, -0.15) is 0 Å². The van der Waals surface area contributed by atoms with Crippen LogP contribution in [0, 0.1) is 0 Å². The van der Waals surface area contributed by atoms with Crippen LogP contribution in [-0.2, 0) is 14.3 Å². The van der Waals surface area contributed by atoms with E-state index in [1.165, 1.54) is 38.0 Å². The van der Waals surface area contributed by atoms with Crippen molar-refractivity contribution in [2.45, 2.75) is 13.0 Å². The molecule has 0 spiro atoms. The lowest BCUT2D eigenvalue weighted by Gasteiger charge is -2.25. The van der Waals surface area contributed by atoms with Gasteiger partial charge in [-0.15, -0.1) is 0 Å². The van der Waals surface area contributed by atoms with Crippen LogP contribution in [0.2, 0.25) is 5.02 Å². The Morgan fingerprint density at radius 2 is 1.76 bits per heavy atom. The van der Waals surface area contributed by atoms with E-state index in [0.29, 0.717) is 43.3 Å². The van der Waals surface area contributed by atoms with E-state index in [1.54, 1.807) is 31.2 Å². The van der Waals surface area contributed by atoms with Crippen LogP contribution >= 0.6 is 22.9 Å². The number of thiazole rings is 1. The number of anilines is 1. The fraction of sp³-hybridized carbons (Fsp3) is 0.167. The number of hydrogen-bond acceptors (Lipinski definition) is 10. The first-order valence-electron chi connectivity index (χ1n) is 14.9. The van der Waals surface area contributed by atoms with Crippen molar-refractivity contribution >= 4 is 57.4 Å². The Morgan fingerprint density at radius 1 is 1.00 bits per heavy atom. The quantitative estimate of drug-likeness (QED) is 0.206. The molecule has 0 bridgehead atoms. The van der Waals surface area contributed by atoms with Gasteiger partial charge < -0.3 is 29.4 Å². The number of aromatic hydroxyl groups is 1. The summed E-state index contributed by atoms with van der Waals surface area (Å²) in [4.78, 5) is 44.7. The average Bonchev–Trinajstić information content (AvgIpc) is 3.41. The van der Waals surface area contributed by atoms with Crippen molar-refractivity contribution < 1.29 is 33.6 Å². The molecule has 0 radical (unpaired) electrons. The fourth-order valence-electron chi connectivity index (χ4n) is 5.62. The molecule has 6 rings (SSSR count). The molecule has 1 aromatic heterocycles. The molecule has 11 nitrogen and oxygen atoms in total. The summed E-state index contributed by atoms with van der Waals surface area (Å²) in [6.45, 7) is 1.40. The molecule has 2 heterocycles. The predicted octanol–water partition coefficient (Wildman–Crippen LogP) is 4.96. The molecule has 13 heteroatoms. The van der Waals surface area contributed by atoms with Gasteiger partial charge in [0.25, 0.3) is 11.5 Å². The lowest BCUT2D eigenvalue weighted by molar-refractivity contribution is -0.136. The number of carbonyl (C=O) groups excluding carboxylic acids is 2. The number of rotatable bonds is 9. The summed E-state index contributed by atoms with van der Waals surface area (Å²) < 4.78 is 23.4. The van der Waals surface area contributed by atoms with E-state index in [0.717, 1.165) is 22.1 Å². The normalized spacial score (nSPS) is 14.2. The van der Waals surface area contributed by atoms with E-state index in [1.807, 2.05) is 42.5 Å². The maximum absolute atomic E-state index is 14.0. The molecule has 0 saturated heterocycles. The van der Waals surface area contributed by atoms with Gasteiger partial charge in [0, 0.05) is 11.1 Å². The second kappa shape index (κ2) is 13.9. The van der Waals surface area contributed by atoms with Gasteiger partial charge >= 0.3 is 5.97 Å². The topological polar surface area (TPSA) is 138 Å². The van der Waals surface area contributed by atoms with E-state index in [4.69, 9.17) is 30.5 Å². The Morgan fingerprint density at radius 3 is 2.51 bits per heavy atom. The molecule has 1 amide bonds. The van der Waals surface area contributed by atoms with Crippen molar-refractivity contribution in [1.29, 1.82) is 0 Å². The molecule has 0 fully saturated rings. The Hall–Kier alpha value is -5.59. The molecule has 4 aromatic carbocycles. The van der Waals surface area contributed by atoms with E-state index >= 15 is 0 Å². The van der Waals surface area contributed by atoms with Crippen LogP contribution in [0.4, 0.5) is 5.69 Å². The molecule has 2 N–H and O–H groups in total. The third kappa shape index (κ3) is 6.48. The number of benzene rings is 4. The van der Waals surface area contributed by atoms with Crippen molar-refractivity contribution in [3.63, 3.8) is 0 Å². The number of esters is 1. The van der Waals surface area contributed by atoms with Crippen LogP contribution in [0.25, 0.3) is 16.8 Å². The van der Waals surface area contributed by atoms with E-state index in [2.05, 4.69) is 10.3 Å². The van der Waals surface area contributed by atoms with Crippen molar-refractivity contribution in [3.05, 3.63) is 120 Å². The van der Waals surface area contributed by atoms with E-state index < -0.39 is 17.6 Å². The molecule has 0 saturated carbocycles. The zero-order chi connectivity index (χ0) is 34.8. The molecule has 1 aliphatic rings. The van der Waals surface area contributed by atoms with Gasteiger partial charge in [0.1, 0.15) is 0 Å². The Balaban J connectivity index is 1.31. The molecule has 5 aromatic rings. The van der Waals surface area contributed by atoms with Gasteiger partial charge in [0.05, 0.1) is 48.2 Å². The summed E-state index contributed by atoms with van der Waals surface area (Å²) in [5.74, 6) is -0.517. The smallest absolute Gasteiger partial charge is 0.338 e. The number of aromatic nitrogens is 1. The first kappa shape index (κ1) is 33.3. The number of allylic oxidation sites excluding steroid dienone is 1. The number of phenolic OH excluding ortho intramolecular Hbond substituents is 1. The van der Waals surface area contributed by atoms with Crippen molar-refractivity contribution in [2.24, 2.45) is 4.99 Å². The number of phenols is 1. The number of ether oxygens (including phenoxy) is 4. The molecular weight excluding hydrogens is 670 g/mol. The third-order valence-corrected chi connectivity index (χ3v) is 9.19. The standard InChI is InChI=1S/C36H30ClN3O8S/c1-19-31(35(44)47-4)32(22-16-24(37)33(42)28(17-22)46-3)40-34(43)29(49-36(40)38-19)15-20-12-13-26(27(14-20)45-2)48-18-30(41)39-25-11-7-9-21-8-5-6-10-23(21)25/h5-17,32,42H,18H2,1-4H3,(H,39,41)/b29-15+/t32-/m1/s1. The molecule has 0 unspecified atom stereocenters. The number of methoxy groups -OCH3 is 3. The number of nitrogens with one attached hydrogen (secondary N) is 1. The highest BCUT2D eigenvalue weighted by Gasteiger charge is 2.34. The summed E-state index contributed by atoms with van der Waals surface area (Å²) >= 11 is 7.45. The van der Waals surface area contributed by atoms with Crippen molar-refractivity contribution in [2.75, 3.05) is 33.3 Å². The highest BCUT2D eigenvalue weighted by molar-refractivity contribution is 7.07. The number of hydrogen-bond donors (Lipinski definition) is 2. The van der Waals surface area contributed by atoms with Crippen LogP contribution in [0.15, 0.2) is 93.9 Å². The zero-order valence-corrected chi connectivity index (χ0v) is 28.3. The van der Waals surface area contributed by atoms with Crippen LogP contribution in [0.1, 0.15) is 24.1 Å². The maximum atomic E-state index is 14.0. The lowest BCUT2D eigenvalue weighted by Crippen LogP contribution is -2.39. The largest absolute Gasteiger partial charge is 0.503 e. The van der Waals surface area contributed by atoms with E-state index in [-0.39, 0.29) is 34.6 Å². The first-order chi connectivity index (χ1) is 23.6. The molecule has 1 atom stereocenters. The van der Waals surface area contributed by atoms with Gasteiger partial charge in [-0.1, -0.05) is 65.4 Å². The Kier molecular flexibility index (Phi) is 9.43. The molecule has 250 valence electrons. The van der Waals surface area contributed by atoms with Crippen molar-refractivity contribution in [3.8, 4) is 23.0 Å². The highest BCUT2D eigenvalue weighted by atomic mass is 35.5. The summed E-state index contributed by atoms with van der Waals surface area (Å²) in [6, 6.07) is 20.5. The second-order valence-electron chi connectivity index (χ2n) is 10.9. The average molecular weight is 700 g/mol. The van der Waals surface area contributed by atoms with Gasteiger partial charge in [-0.3, -0.25) is 14.2 Å². The minimum atomic E-state index is -0.969. The maximum Gasteiger partial charge on any atom is 0.338 e. The lowest BCUT2D eigenvalue weighted by atomic mass is 9.95. The van der Waals surface area contributed by atoms with Gasteiger partial charge in [0.2, 0.25) is 0 Å². The number of amides is 1. The highest BCUT2D eigenvalue weighted by Crippen LogP contribution is 2.40. The van der Waals surface area contributed by atoms with Crippen LogP contribution < -0.4 is 34.4 Å². The summed E-state index contributed by atoms with van der Waals surface area (Å²) in [5, 5.41) is 15.1. The Bertz CT molecular complexity index is 2340. The zero-order valence-electron chi connectivity index (χ0n) is 26.8. The van der Waals surface area contributed by atoms with Crippen LogP contribution in [0.5, 0.6) is 23.0 Å². The number of halogens is 1. The molecule has 49 heavy (non-hydrogen) atoms. The SMILES string of the molecule is COC(=O)C1=C(C)N=c2s/c(=C/c3ccc(OCC(=O)Nc4cccc5ccccc45)c(OC)c3)c(=O)n2[C@@H]1c1cc(Cl)c(O)c(OC)c1. The second-order valence-corrected chi connectivity index (χ2v) is 12.3. The first-order valence-corrected chi connectivity index (χ1v) is 16.1. The number of fused-ring (bicyclic) bond motifs is 2. The van der Waals surface area contributed by atoms with Crippen LogP contribution in [0.3, 0.4) is 0 Å². The number of carbonyl (C=O) groups is 2. The third-order valence-electron chi connectivity index (χ3n) is 7.92. The summed E-state index contributed by atoms with van der Waals surface area (Å²) in [7, 11) is 4.09. The summed E-state index contributed by atoms with van der Waals surface area (Å²) in [6.07, 6.45) is 1.67. The minimum Gasteiger partial charge on any atom is -0.503 e. The Labute approximate surface area is 288 Å². The fourth-order valence-corrected chi connectivity index (χ4v) is 6.89. The van der Waals surface area contributed by atoms with E-state index in [9.17, 15) is 19.5 Å². The van der Waals surface area contributed by atoms with Gasteiger partial charge in [-0.05, 0) is 59.8 Å². The molecule has 0 aliphatic carbocycles. The minimum absolute atomic E-state index is 0.0178. The number of nitrogens with zero attached hydrogens (tertiary/aromatic N) is 2. The van der Waals surface area contributed by atoms with Crippen LogP contribution in [-0.4, -0.2) is 49.5 Å². The molecular formula is C36H30ClN3O8S. The predicted molar refractivity (Wildman–Crippen MR) is 187 cm³/mol. The van der Waals surface area contributed by atoms with Crippen molar-refractivity contribution in [1.82, 2.24) is 4.57 Å².